The molecule has 1 amide bonds. The van der Waals surface area contributed by atoms with Gasteiger partial charge >= 0.3 is 5.97 Å². The van der Waals surface area contributed by atoms with Gasteiger partial charge in [-0.2, -0.15) is 5.26 Å². The fourth-order valence-electron chi connectivity index (χ4n) is 2.67. The van der Waals surface area contributed by atoms with E-state index in [0.29, 0.717) is 12.0 Å². The first-order valence-electron chi connectivity index (χ1n) is 8.02. The van der Waals surface area contributed by atoms with E-state index in [-0.39, 0.29) is 18.7 Å². The molecule has 1 unspecified atom stereocenters. The van der Waals surface area contributed by atoms with E-state index < -0.39 is 12.0 Å². The maximum atomic E-state index is 12.3. The largest absolute Gasteiger partial charge is 0.481 e. The highest BCUT2D eigenvalue weighted by atomic mass is 16.4. The van der Waals surface area contributed by atoms with E-state index in [1.165, 1.54) is 0 Å². The number of carboxylic acids is 1. The van der Waals surface area contributed by atoms with Crippen molar-refractivity contribution in [2.75, 3.05) is 0 Å². The van der Waals surface area contributed by atoms with Crippen LogP contribution in [0.3, 0.4) is 0 Å². The average Bonchev–Trinajstić information content (AvgIpc) is 2.54. The molecule has 0 aliphatic rings. The van der Waals surface area contributed by atoms with Gasteiger partial charge in [-0.3, -0.25) is 9.59 Å². The zero-order valence-electron chi connectivity index (χ0n) is 14.0. The Bertz CT molecular complexity index is 791. The molecule has 0 saturated heterocycles. The first kappa shape index (κ1) is 18.2. The van der Waals surface area contributed by atoms with Crippen LogP contribution in [0.2, 0.25) is 0 Å². The third-order valence-electron chi connectivity index (χ3n) is 3.80. The number of hydrogen-bond donors (Lipinski definition) is 2. The third-order valence-corrected chi connectivity index (χ3v) is 3.80. The molecule has 5 heteroatoms. The molecule has 2 aromatic rings. The van der Waals surface area contributed by atoms with Crippen molar-refractivity contribution in [3.63, 3.8) is 0 Å². The van der Waals surface area contributed by atoms with Crippen molar-refractivity contribution in [1.82, 2.24) is 5.32 Å². The summed E-state index contributed by atoms with van der Waals surface area (Å²) >= 11 is 0. The molecule has 5 nitrogen and oxygen atoms in total. The fourth-order valence-corrected chi connectivity index (χ4v) is 2.67. The Balaban J connectivity index is 2.02. The summed E-state index contributed by atoms with van der Waals surface area (Å²) in [6, 6.07) is 16.1. The minimum absolute atomic E-state index is 0.153. The standard InChI is InChI=1S/C20H20N2O3/c1-14-3-2-4-17(9-14)11-19(23)22-18(12-20(24)25)10-15-5-7-16(13-21)8-6-15/h2-9,18H,10-12H2,1H3,(H,22,23)(H,24,25). The molecule has 25 heavy (non-hydrogen) atoms. The fraction of sp³-hybridized carbons (Fsp3) is 0.250. The van der Waals surface area contributed by atoms with E-state index in [4.69, 9.17) is 10.4 Å². The van der Waals surface area contributed by atoms with Gasteiger partial charge in [0.25, 0.3) is 0 Å². The number of aliphatic carboxylic acids is 1. The molecule has 0 saturated carbocycles. The van der Waals surface area contributed by atoms with Gasteiger partial charge in [0.1, 0.15) is 0 Å². The second-order valence-electron chi connectivity index (χ2n) is 6.04. The minimum atomic E-state index is -0.963. The van der Waals surface area contributed by atoms with E-state index in [1.807, 2.05) is 37.3 Å². The highest BCUT2D eigenvalue weighted by Crippen LogP contribution is 2.10. The summed E-state index contributed by atoms with van der Waals surface area (Å²) in [4.78, 5) is 23.3. The number of nitriles is 1. The molecule has 0 aliphatic heterocycles. The molecular formula is C20H20N2O3. The number of carbonyl (C=O) groups is 2. The molecule has 0 bridgehead atoms. The molecule has 0 aromatic heterocycles. The van der Waals surface area contributed by atoms with Gasteiger partial charge in [-0.1, -0.05) is 42.0 Å². The average molecular weight is 336 g/mol. The predicted octanol–water partition coefficient (Wildman–Crippen LogP) is 2.61. The number of nitrogens with one attached hydrogen (secondary N) is 1. The van der Waals surface area contributed by atoms with Gasteiger partial charge in [0.2, 0.25) is 5.91 Å². The van der Waals surface area contributed by atoms with Crippen LogP contribution in [0.1, 0.15) is 28.7 Å². The van der Waals surface area contributed by atoms with Crippen LogP contribution in [-0.2, 0) is 22.4 Å². The van der Waals surface area contributed by atoms with E-state index in [1.54, 1.807) is 24.3 Å². The van der Waals surface area contributed by atoms with Crippen LogP contribution in [0, 0.1) is 18.3 Å². The number of carboxylic acid groups (broad SMARTS) is 1. The van der Waals surface area contributed by atoms with E-state index in [2.05, 4.69) is 5.32 Å². The lowest BCUT2D eigenvalue weighted by Gasteiger charge is -2.17. The molecule has 1 atom stereocenters. The molecule has 2 rings (SSSR count). The van der Waals surface area contributed by atoms with Crippen LogP contribution in [0.15, 0.2) is 48.5 Å². The minimum Gasteiger partial charge on any atom is -0.481 e. The molecule has 0 spiro atoms. The van der Waals surface area contributed by atoms with Crippen molar-refractivity contribution in [3.05, 3.63) is 70.8 Å². The Kier molecular flexibility index (Phi) is 6.30. The summed E-state index contributed by atoms with van der Waals surface area (Å²) in [7, 11) is 0. The van der Waals surface area contributed by atoms with Crippen molar-refractivity contribution in [2.24, 2.45) is 0 Å². The van der Waals surface area contributed by atoms with Crippen molar-refractivity contribution >= 4 is 11.9 Å². The second kappa shape index (κ2) is 8.65. The van der Waals surface area contributed by atoms with Crippen molar-refractivity contribution in [1.29, 1.82) is 5.26 Å². The van der Waals surface area contributed by atoms with Crippen LogP contribution < -0.4 is 5.32 Å². The van der Waals surface area contributed by atoms with Gasteiger partial charge < -0.3 is 10.4 Å². The van der Waals surface area contributed by atoms with Crippen molar-refractivity contribution in [2.45, 2.75) is 32.2 Å². The van der Waals surface area contributed by atoms with Gasteiger partial charge in [0, 0.05) is 6.04 Å². The Hall–Kier alpha value is -3.13. The Morgan fingerprint density at radius 3 is 2.48 bits per heavy atom. The van der Waals surface area contributed by atoms with E-state index >= 15 is 0 Å². The Morgan fingerprint density at radius 2 is 1.88 bits per heavy atom. The number of amides is 1. The zero-order chi connectivity index (χ0) is 18.2. The molecule has 0 heterocycles. The third kappa shape index (κ3) is 6.11. The lowest BCUT2D eigenvalue weighted by Crippen LogP contribution is -2.39. The predicted molar refractivity (Wildman–Crippen MR) is 93.9 cm³/mol. The molecule has 0 aliphatic carbocycles. The summed E-state index contributed by atoms with van der Waals surface area (Å²) in [5.74, 6) is -1.17. The maximum absolute atomic E-state index is 12.3. The number of benzene rings is 2. The highest BCUT2D eigenvalue weighted by molar-refractivity contribution is 5.79. The normalized spacial score (nSPS) is 11.4. The number of hydrogen-bond acceptors (Lipinski definition) is 3. The van der Waals surface area contributed by atoms with Crippen molar-refractivity contribution < 1.29 is 14.7 Å². The van der Waals surface area contributed by atoms with Gasteiger partial charge in [0.05, 0.1) is 24.5 Å². The number of carbonyl (C=O) groups excluding carboxylic acids is 1. The topological polar surface area (TPSA) is 90.2 Å². The van der Waals surface area contributed by atoms with Crippen LogP contribution in [0.4, 0.5) is 0 Å². The Morgan fingerprint density at radius 1 is 1.16 bits per heavy atom. The summed E-state index contributed by atoms with van der Waals surface area (Å²) in [5.41, 5.74) is 3.39. The van der Waals surface area contributed by atoms with Gasteiger partial charge in [0.15, 0.2) is 0 Å². The molecule has 2 aromatic carbocycles. The molecule has 128 valence electrons. The smallest absolute Gasteiger partial charge is 0.305 e. The van der Waals surface area contributed by atoms with Crippen LogP contribution in [0.25, 0.3) is 0 Å². The van der Waals surface area contributed by atoms with Gasteiger partial charge in [-0.25, -0.2) is 0 Å². The van der Waals surface area contributed by atoms with Crippen LogP contribution in [0.5, 0.6) is 0 Å². The highest BCUT2D eigenvalue weighted by Gasteiger charge is 2.17. The summed E-state index contributed by atoms with van der Waals surface area (Å²) < 4.78 is 0. The zero-order valence-corrected chi connectivity index (χ0v) is 14.0. The number of rotatable bonds is 7. The van der Waals surface area contributed by atoms with Crippen LogP contribution >= 0.6 is 0 Å². The van der Waals surface area contributed by atoms with E-state index in [9.17, 15) is 9.59 Å². The first-order valence-corrected chi connectivity index (χ1v) is 8.02. The quantitative estimate of drug-likeness (QED) is 0.813. The number of nitrogens with zero attached hydrogens (tertiary/aromatic N) is 1. The summed E-state index contributed by atoms with van der Waals surface area (Å²) in [6.45, 7) is 1.96. The monoisotopic (exact) mass is 336 g/mol. The second-order valence-corrected chi connectivity index (χ2v) is 6.04. The molecule has 0 radical (unpaired) electrons. The van der Waals surface area contributed by atoms with E-state index in [0.717, 1.165) is 16.7 Å². The molecule has 0 fully saturated rings. The first-order chi connectivity index (χ1) is 12.0. The number of aryl methyl sites for hydroxylation is 1. The summed E-state index contributed by atoms with van der Waals surface area (Å²) in [5, 5.41) is 20.7. The Labute approximate surface area is 146 Å². The molecule has 2 N–H and O–H groups in total. The SMILES string of the molecule is Cc1cccc(CC(=O)NC(CC(=O)O)Cc2ccc(C#N)cc2)c1. The van der Waals surface area contributed by atoms with Crippen LogP contribution in [-0.4, -0.2) is 23.0 Å². The maximum Gasteiger partial charge on any atom is 0.305 e. The lowest BCUT2D eigenvalue weighted by atomic mass is 10.0. The molecular weight excluding hydrogens is 316 g/mol. The van der Waals surface area contributed by atoms with Crippen molar-refractivity contribution in [3.8, 4) is 6.07 Å². The summed E-state index contributed by atoms with van der Waals surface area (Å²) in [6.07, 6.45) is 0.461. The van der Waals surface area contributed by atoms with Gasteiger partial charge in [-0.15, -0.1) is 0 Å². The lowest BCUT2D eigenvalue weighted by molar-refractivity contribution is -0.137. The van der Waals surface area contributed by atoms with Gasteiger partial charge in [-0.05, 0) is 36.6 Å².